The molecule has 0 spiro atoms. The standard InChI is InChI=1S/C18H19F2NO5S/c1-12-10-14(6-8-17(12)26-9-3-4-18(22)23)27(24,25)21(2)16-11-13(19)5-7-15(16)20/h5-8,10-11H,3-4,9H2,1-2H3,(H,22,23). The molecule has 0 aliphatic rings. The molecule has 0 heterocycles. The van der Waals surface area contributed by atoms with Gasteiger partial charge in [-0.25, -0.2) is 17.2 Å². The number of aryl methyl sites for hydroxylation is 1. The molecule has 2 aromatic rings. The van der Waals surface area contributed by atoms with Crippen LogP contribution >= 0.6 is 0 Å². The van der Waals surface area contributed by atoms with Gasteiger partial charge in [0.1, 0.15) is 17.4 Å². The van der Waals surface area contributed by atoms with Crippen molar-refractivity contribution in [3.05, 3.63) is 53.6 Å². The zero-order valence-corrected chi connectivity index (χ0v) is 15.6. The molecule has 0 aromatic heterocycles. The van der Waals surface area contributed by atoms with Gasteiger partial charge in [0.05, 0.1) is 17.2 Å². The summed E-state index contributed by atoms with van der Waals surface area (Å²) in [4.78, 5) is 10.4. The third kappa shape index (κ3) is 4.94. The second-order valence-electron chi connectivity index (χ2n) is 5.84. The first-order valence-electron chi connectivity index (χ1n) is 8.02. The van der Waals surface area contributed by atoms with Crippen molar-refractivity contribution in [1.82, 2.24) is 0 Å². The summed E-state index contributed by atoms with van der Waals surface area (Å²) in [7, 11) is -2.98. The van der Waals surface area contributed by atoms with E-state index in [9.17, 15) is 22.0 Å². The van der Waals surface area contributed by atoms with E-state index < -0.39 is 33.3 Å². The number of hydrogen-bond donors (Lipinski definition) is 1. The zero-order chi connectivity index (χ0) is 20.2. The Morgan fingerprint density at radius 2 is 1.89 bits per heavy atom. The molecule has 0 atom stereocenters. The maximum absolute atomic E-state index is 13.9. The average molecular weight is 399 g/mol. The molecule has 0 aliphatic carbocycles. The molecular weight excluding hydrogens is 380 g/mol. The van der Waals surface area contributed by atoms with E-state index in [4.69, 9.17) is 9.84 Å². The van der Waals surface area contributed by atoms with E-state index in [1.807, 2.05) is 0 Å². The molecule has 0 amide bonds. The normalized spacial score (nSPS) is 11.3. The largest absolute Gasteiger partial charge is 0.493 e. The number of benzene rings is 2. The van der Waals surface area contributed by atoms with E-state index in [-0.39, 0.29) is 17.9 Å². The van der Waals surface area contributed by atoms with Crippen molar-refractivity contribution in [3.8, 4) is 5.75 Å². The summed E-state index contributed by atoms with van der Waals surface area (Å²) in [5.41, 5.74) is 0.112. The lowest BCUT2D eigenvalue weighted by molar-refractivity contribution is -0.137. The lowest BCUT2D eigenvalue weighted by Crippen LogP contribution is -2.27. The Labute approximate surface area is 156 Å². The molecule has 0 bridgehead atoms. The van der Waals surface area contributed by atoms with Gasteiger partial charge in [0.15, 0.2) is 0 Å². The molecule has 1 N–H and O–H groups in total. The average Bonchev–Trinajstić information content (AvgIpc) is 2.60. The van der Waals surface area contributed by atoms with Crippen molar-refractivity contribution in [3.63, 3.8) is 0 Å². The van der Waals surface area contributed by atoms with E-state index in [1.165, 1.54) is 18.2 Å². The van der Waals surface area contributed by atoms with Crippen molar-refractivity contribution in [1.29, 1.82) is 0 Å². The third-order valence-electron chi connectivity index (χ3n) is 3.84. The van der Waals surface area contributed by atoms with E-state index in [0.29, 0.717) is 22.0 Å². The molecule has 6 nitrogen and oxygen atoms in total. The summed E-state index contributed by atoms with van der Waals surface area (Å²) in [6.07, 6.45) is 0.284. The minimum Gasteiger partial charge on any atom is -0.493 e. The molecule has 0 aliphatic heterocycles. The van der Waals surface area contributed by atoms with Crippen LogP contribution in [0.1, 0.15) is 18.4 Å². The van der Waals surface area contributed by atoms with Crippen molar-refractivity contribution in [2.75, 3.05) is 18.0 Å². The Morgan fingerprint density at radius 3 is 2.52 bits per heavy atom. The van der Waals surface area contributed by atoms with Gasteiger partial charge in [-0.15, -0.1) is 0 Å². The molecule has 2 rings (SSSR count). The van der Waals surface area contributed by atoms with Gasteiger partial charge in [0.2, 0.25) is 0 Å². The number of halogens is 2. The SMILES string of the molecule is Cc1cc(S(=O)(=O)N(C)c2cc(F)ccc2F)ccc1OCCCC(=O)O. The van der Waals surface area contributed by atoms with Gasteiger partial charge in [-0.3, -0.25) is 9.10 Å². The van der Waals surface area contributed by atoms with Crippen LogP contribution in [0.5, 0.6) is 5.75 Å². The molecule has 0 fully saturated rings. The lowest BCUT2D eigenvalue weighted by atomic mass is 10.2. The third-order valence-corrected chi connectivity index (χ3v) is 5.61. The van der Waals surface area contributed by atoms with Crippen molar-refractivity contribution >= 4 is 21.7 Å². The predicted molar refractivity (Wildman–Crippen MR) is 95.5 cm³/mol. The van der Waals surface area contributed by atoms with Crippen LogP contribution in [-0.4, -0.2) is 33.1 Å². The molecule has 27 heavy (non-hydrogen) atoms. The summed E-state index contributed by atoms with van der Waals surface area (Å²) >= 11 is 0. The Hall–Kier alpha value is -2.68. The first-order valence-corrected chi connectivity index (χ1v) is 9.46. The summed E-state index contributed by atoms with van der Waals surface area (Å²) in [6, 6.07) is 6.66. The van der Waals surface area contributed by atoms with Gasteiger partial charge in [0.25, 0.3) is 10.0 Å². The number of aliphatic carboxylic acids is 1. The number of carbonyl (C=O) groups is 1. The number of sulfonamides is 1. The van der Waals surface area contributed by atoms with Crippen LogP contribution in [0.4, 0.5) is 14.5 Å². The topological polar surface area (TPSA) is 83.9 Å². The second-order valence-corrected chi connectivity index (χ2v) is 7.81. The number of anilines is 1. The molecule has 9 heteroatoms. The van der Waals surface area contributed by atoms with Gasteiger partial charge >= 0.3 is 5.97 Å². The highest BCUT2D eigenvalue weighted by molar-refractivity contribution is 7.92. The Bertz CT molecular complexity index is 947. The highest BCUT2D eigenvalue weighted by Gasteiger charge is 2.24. The van der Waals surface area contributed by atoms with Gasteiger partial charge in [-0.1, -0.05) is 0 Å². The summed E-state index contributed by atoms with van der Waals surface area (Å²) in [5.74, 6) is -2.13. The highest BCUT2D eigenvalue weighted by atomic mass is 32.2. The maximum atomic E-state index is 13.9. The highest BCUT2D eigenvalue weighted by Crippen LogP contribution is 2.28. The van der Waals surface area contributed by atoms with Gasteiger partial charge in [-0.2, -0.15) is 0 Å². The van der Waals surface area contributed by atoms with Crippen molar-refractivity contribution in [2.24, 2.45) is 0 Å². The van der Waals surface area contributed by atoms with E-state index in [2.05, 4.69) is 0 Å². The van der Waals surface area contributed by atoms with Crippen LogP contribution in [0.2, 0.25) is 0 Å². The zero-order valence-electron chi connectivity index (χ0n) is 14.8. The smallest absolute Gasteiger partial charge is 0.303 e. The van der Waals surface area contributed by atoms with Gasteiger partial charge in [0, 0.05) is 19.5 Å². The monoisotopic (exact) mass is 399 g/mol. The van der Waals surface area contributed by atoms with Gasteiger partial charge in [-0.05, 0) is 49.2 Å². The van der Waals surface area contributed by atoms with Gasteiger partial charge < -0.3 is 9.84 Å². The fourth-order valence-electron chi connectivity index (χ4n) is 2.36. The van der Waals surface area contributed by atoms with Crippen molar-refractivity contribution < 1.29 is 31.8 Å². The number of hydrogen-bond acceptors (Lipinski definition) is 4. The Morgan fingerprint density at radius 1 is 1.19 bits per heavy atom. The summed E-state index contributed by atoms with van der Waals surface area (Å²) < 4.78 is 58.9. The van der Waals surface area contributed by atoms with Crippen LogP contribution in [-0.2, 0) is 14.8 Å². The summed E-state index contributed by atoms with van der Waals surface area (Å²) in [6.45, 7) is 1.81. The molecule has 0 saturated heterocycles. The van der Waals surface area contributed by atoms with Crippen LogP contribution in [0.25, 0.3) is 0 Å². The van der Waals surface area contributed by atoms with E-state index >= 15 is 0 Å². The van der Waals surface area contributed by atoms with Crippen LogP contribution in [0, 0.1) is 18.6 Å². The lowest BCUT2D eigenvalue weighted by Gasteiger charge is -2.21. The molecule has 146 valence electrons. The molecule has 0 radical (unpaired) electrons. The van der Waals surface area contributed by atoms with E-state index in [1.54, 1.807) is 6.92 Å². The number of rotatable bonds is 8. The predicted octanol–water partition coefficient (Wildman–Crippen LogP) is 3.34. The number of carboxylic acids is 1. The fourth-order valence-corrected chi connectivity index (χ4v) is 3.65. The maximum Gasteiger partial charge on any atom is 0.303 e. The Kier molecular flexibility index (Phi) is 6.37. The van der Waals surface area contributed by atoms with Crippen LogP contribution in [0.15, 0.2) is 41.3 Å². The number of ether oxygens (including phenoxy) is 1. The minimum atomic E-state index is -4.11. The molecule has 2 aromatic carbocycles. The van der Waals surface area contributed by atoms with Crippen molar-refractivity contribution in [2.45, 2.75) is 24.7 Å². The Balaban J connectivity index is 2.22. The van der Waals surface area contributed by atoms with E-state index in [0.717, 1.165) is 25.2 Å². The minimum absolute atomic E-state index is 0.0322. The quantitative estimate of drug-likeness (QED) is 0.689. The second kappa shape index (κ2) is 8.34. The fraction of sp³-hybridized carbons (Fsp3) is 0.278. The molecular formula is C18H19F2NO5S. The molecule has 0 saturated carbocycles. The van der Waals surface area contributed by atoms with Crippen LogP contribution in [0.3, 0.4) is 0 Å². The number of carboxylic acid groups (broad SMARTS) is 1. The first kappa shape index (κ1) is 20.6. The van der Waals surface area contributed by atoms with Crippen LogP contribution < -0.4 is 9.04 Å². The first-order chi connectivity index (χ1) is 12.6. The molecule has 0 unspecified atom stereocenters. The number of nitrogens with zero attached hydrogens (tertiary/aromatic N) is 1. The summed E-state index contributed by atoms with van der Waals surface area (Å²) in [5, 5.41) is 8.60.